The molecule has 0 spiro atoms. The highest BCUT2D eigenvalue weighted by Crippen LogP contribution is 2.34. The molecule has 0 saturated carbocycles. The third-order valence-electron chi connectivity index (χ3n) is 4.08. The Balaban J connectivity index is 1.55. The van der Waals surface area contributed by atoms with Gasteiger partial charge in [-0.05, 0) is 48.7 Å². The average Bonchev–Trinajstić information content (AvgIpc) is 3.01. The molecular formula is C20H22Cl2N2O. The molecule has 2 N–H and O–H groups in total. The number of benzene rings is 2. The highest BCUT2D eigenvalue weighted by molar-refractivity contribution is 6.37. The van der Waals surface area contributed by atoms with Gasteiger partial charge >= 0.3 is 0 Å². The molecule has 0 aliphatic heterocycles. The van der Waals surface area contributed by atoms with Crippen molar-refractivity contribution < 1.29 is 4.74 Å². The number of nitrogens with one attached hydrogen (secondary N) is 2. The second-order valence-electron chi connectivity index (χ2n) is 6.02. The van der Waals surface area contributed by atoms with E-state index in [2.05, 4.69) is 34.7 Å². The molecule has 0 saturated heterocycles. The minimum Gasteiger partial charge on any atom is -0.490 e. The summed E-state index contributed by atoms with van der Waals surface area (Å²) in [6.07, 6.45) is 3.97. The Labute approximate surface area is 158 Å². The molecule has 0 aliphatic rings. The lowest BCUT2D eigenvalue weighted by atomic mass is 10.1. The lowest BCUT2D eigenvalue weighted by Gasteiger charge is -2.12. The summed E-state index contributed by atoms with van der Waals surface area (Å²) in [7, 11) is 0. The number of aromatic nitrogens is 1. The number of fused-ring (bicyclic) bond motifs is 1. The first-order chi connectivity index (χ1) is 12.2. The van der Waals surface area contributed by atoms with Gasteiger partial charge in [0.25, 0.3) is 0 Å². The number of H-pyrrole nitrogens is 1. The molecule has 0 aliphatic carbocycles. The first kappa shape index (κ1) is 18.1. The highest BCUT2D eigenvalue weighted by Gasteiger charge is 2.09. The number of ether oxygens (including phenoxy) is 1. The predicted molar refractivity (Wildman–Crippen MR) is 106 cm³/mol. The van der Waals surface area contributed by atoms with Gasteiger partial charge < -0.3 is 15.0 Å². The normalized spacial score (nSPS) is 11.2. The van der Waals surface area contributed by atoms with Crippen LogP contribution in [0.2, 0.25) is 10.0 Å². The molecule has 0 bridgehead atoms. The van der Waals surface area contributed by atoms with Crippen LogP contribution in [0.25, 0.3) is 10.9 Å². The van der Waals surface area contributed by atoms with Crippen molar-refractivity contribution in [2.24, 2.45) is 0 Å². The smallest absolute Gasteiger partial charge is 0.156 e. The van der Waals surface area contributed by atoms with Crippen molar-refractivity contribution in [2.75, 3.05) is 13.2 Å². The summed E-state index contributed by atoms with van der Waals surface area (Å²) >= 11 is 12.6. The van der Waals surface area contributed by atoms with Crippen molar-refractivity contribution in [3.8, 4) is 5.75 Å². The molecule has 3 nitrogen and oxygen atoms in total. The van der Waals surface area contributed by atoms with Gasteiger partial charge in [0.2, 0.25) is 0 Å². The maximum absolute atomic E-state index is 6.29. The van der Waals surface area contributed by atoms with Crippen LogP contribution in [-0.2, 0) is 13.0 Å². The van der Waals surface area contributed by atoms with Gasteiger partial charge in [0.05, 0.1) is 16.7 Å². The van der Waals surface area contributed by atoms with Gasteiger partial charge in [0.15, 0.2) is 5.75 Å². The topological polar surface area (TPSA) is 37.0 Å². The maximum Gasteiger partial charge on any atom is 0.156 e. The van der Waals surface area contributed by atoms with Crippen LogP contribution >= 0.6 is 23.2 Å². The van der Waals surface area contributed by atoms with E-state index in [0.29, 0.717) is 22.4 Å². The monoisotopic (exact) mass is 376 g/mol. The van der Waals surface area contributed by atoms with Crippen molar-refractivity contribution in [1.82, 2.24) is 10.3 Å². The van der Waals surface area contributed by atoms with Gasteiger partial charge in [-0.2, -0.15) is 0 Å². The van der Waals surface area contributed by atoms with Crippen molar-refractivity contribution in [1.29, 1.82) is 0 Å². The van der Waals surface area contributed by atoms with Crippen molar-refractivity contribution >= 4 is 34.1 Å². The number of hydrogen-bond donors (Lipinski definition) is 2. The van der Waals surface area contributed by atoms with E-state index < -0.39 is 0 Å². The van der Waals surface area contributed by atoms with E-state index in [1.54, 1.807) is 0 Å². The molecule has 25 heavy (non-hydrogen) atoms. The van der Waals surface area contributed by atoms with Gasteiger partial charge in [-0.25, -0.2) is 0 Å². The second-order valence-corrected chi connectivity index (χ2v) is 6.84. The van der Waals surface area contributed by atoms with E-state index in [4.69, 9.17) is 27.9 Å². The van der Waals surface area contributed by atoms with E-state index in [1.165, 1.54) is 16.5 Å². The molecule has 1 heterocycles. The number of aromatic amines is 1. The summed E-state index contributed by atoms with van der Waals surface area (Å²) in [4.78, 5) is 3.31. The summed E-state index contributed by atoms with van der Waals surface area (Å²) in [6, 6.07) is 12.2. The van der Waals surface area contributed by atoms with Gasteiger partial charge in [-0.1, -0.05) is 48.3 Å². The first-order valence-corrected chi connectivity index (χ1v) is 9.31. The van der Waals surface area contributed by atoms with E-state index in [-0.39, 0.29) is 0 Å². The summed E-state index contributed by atoms with van der Waals surface area (Å²) in [6.45, 7) is 4.26. The van der Waals surface area contributed by atoms with E-state index >= 15 is 0 Å². The van der Waals surface area contributed by atoms with Crippen molar-refractivity contribution in [3.63, 3.8) is 0 Å². The highest BCUT2D eigenvalue weighted by atomic mass is 35.5. The summed E-state index contributed by atoms with van der Waals surface area (Å²) in [5.74, 6) is 0.577. The summed E-state index contributed by atoms with van der Waals surface area (Å²) < 4.78 is 5.60. The van der Waals surface area contributed by atoms with Crippen LogP contribution in [0.15, 0.2) is 42.6 Å². The standard InChI is InChI=1S/C20H22Cl2N2O/c1-2-9-25-20-17(21)10-14(11-18(20)22)12-23-8-7-15-13-24-19-6-4-3-5-16(15)19/h3-6,10-11,13,23-24H,2,7-9,12H2,1H3. The minimum atomic E-state index is 0.564. The third-order valence-corrected chi connectivity index (χ3v) is 4.65. The molecule has 0 amide bonds. The summed E-state index contributed by atoms with van der Waals surface area (Å²) in [5.41, 5.74) is 3.55. The quantitative estimate of drug-likeness (QED) is 0.502. The zero-order valence-corrected chi connectivity index (χ0v) is 15.8. The number of rotatable bonds is 8. The van der Waals surface area contributed by atoms with Crippen LogP contribution in [-0.4, -0.2) is 18.1 Å². The molecule has 2 aromatic carbocycles. The molecule has 132 valence electrons. The Morgan fingerprint density at radius 2 is 1.88 bits per heavy atom. The van der Waals surface area contributed by atoms with Crippen LogP contribution in [0.1, 0.15) is 24.5 Å². The molecule has 0 radical (unpaired) electrons. The zero-order valence-electron chi connectivity index (χ0n) is 14.2. The van der Waals surface area contributed by atoms with Crippen molar-refractivity contribution in [3.05, 3.63) is 63.8 Å². The molecule has 0 fully saturated rings. The molecular weight excluding hydrogens is 355 g/mol. The number of hydrogen-bond acceptors (Lipinski definition) is 2. The van der Waals surface area contributed by atoms with Crippen LogP contribution in [0.4, 0.5) is 0 Å². The summed E-state index contributed by atoms with van der Waals surface area (Å²) in [5, 5.41) is 5.86. The fourth-order valence-corrected chi connectivity index (χ4v) is 3.49. The molecule has 5 heteroatoms. The van der Waals surface area contributed by atoms with Gasteiger partial charge in [-0.3, -0.25) is 0 Å². The van der Waals surface area contributed by atoms with Crippen LogP contribution in [0.3, 0.4) is 0 Å². The second kappa shape index (κ2) is 8.61. The molecule has 0 atom stereocenters. The molecule has 3 rings (SSSR count). The van der Waals surface area contributed by atoms with E-state index in [9.17, 15) is 0 Å². The zero-order chi connectivity index (χ0) is 17.6. The fraction of sp³-hybridized carbons (Fsp3) is 0.300. The first-order valence-electron chi connectivity index (χ1n) is 8.55. The van der Waals surface area contributed by atoms with E-state index in [1.807, 2.05) is 25.1 Å². The molecule has 1 aromatic heterocycles. The minimum absolute atomic E-state index is 0.564. The SMILES string of the molecule is CCCOc1c(Cl)cc(CNCCc2c[nH]c3ccccc23)cc1Cl. The third kappa shape index (κ3) is 4.49. The van der Waals surface area contributed by atoms with Gasteiger partial charge in [0, 0.05) is 23.6 Å². The number of halogens is 2. The van der Waals surface area contributed by atoms with Crippen LogP contribution < -0.4 is 10.1 Å². The fourth-order valence-electron chi connectivity index (χ4n) is 2.85. The van der Waals surface area contributed by atoms with Gasteiger partial charge in [-0.15, -0.1) is 0 Å². The van der Waals surface area contributed by atoms with Crippen molar-refractivity contribution in [2.45, 2.75) is 26.3 Å². The lowest BCUT2D eigenvalue weighted by molar-refractivity contribution is 0.317. The van der Waals surface area contributed by atoms with E-state index in [0.717, 1.165) is 31.5 Å². The average molecular weight is 377 g/mol. The Kier molecular flexibility index (Phi) is 6.24. The van der Waals surface area contributed by atoms with Crippen LogP contribution in [0.5, 0.6) is 5.75 Å². The Hall–Kier alpha value is -1.68. The molecule has 0 unspecified atom stereocenters. The Morgan fingerprint density at radius 3 is 2.64 bits per heavy atom. The van der Waals surface area contributed by atoms with Crippen LogP contribution in [0, 0.1) is 0 Å². The Morgan fingerprint density at radius 1 is 1.12 bits per heavy atom. The van der Waals surface area contributed by atoms with Gasteiger partial charge in [0.1, 0.15) is 0 Å². The maximum atomic E-state index is 6.29. The predicted octanol–water partition coefficient (Wildman–Crippen LogP) is 5.60. The molecule has 3 aromatic rings. The number of para-hydroxylation sites is 1. The largest absolute Gasteiger partial charge is 0.490 e. The Bertz CT molecular complexity index is 822. The lowest BCUT2D eigenvalue weighted by Crippen LogP contribution is -2.16.